The Morgan fingerprint density at radius 1 is 0.930 bits per heavy atom. The van der Waals surface area contributed by atoms with Crippen LogP contribution in [0.25, 0.3) is 17.2 Å². The van der Waals surface area contributed by atoms with Gasteiger partial charge in [0.1, 0.15) is 17.0 Å². The van der Waals surface area contributed by atoms with Crippen LogP contribution >= 0.6 is 0 Å². The van der Waals surface area contributed by atoms with Gasteiger partial charge in [-0.1, -0.05) is 6.07 Å². The lowest BCUT2D eigenvalue weighted by atomic mass is 10.1. The number of hydrogen-bond donors (Lipinski definition) is 1. The molecular weight excluding hydrogens is 608 g/mol. The lowest BCUT2D eigenvalue weighted by Crippen LogP contribution is -2.33. The molecule has 0 fully saturated rings. The van der Waals surface area contributed by atoms with E-state index >= 15 is 0 Å². The maximum atomic E-state index is 13.7. The number of hydrogen-bond acceptors (Lipinski definition) is 9. The number of alkyl halides is 6. The van der Waals surface area contributed by atoms with Crippen LogP contribution in [0.3, 0.4) is 0 Å². The van der Waals surface area contributed by atoms with E-state index in [0.29, 0.717) is 22.3 Å². The molecule has 0 aliphatic rings. The van der Waals surface area contributed by atoms with Crippen LogP contribution in [0.1, 0.15) is 35.5 Å². The van der Waals surface area contributed by atoms with E-state index in [2.05, 4.69) is 29.9 Å². The minimum atomic E-state index is -5.19. The van der Waals surface area contributed by atoms with Gasteiger partial charge in [0.05, 0.1) is 23.9 Å². The lowest BCUT2D eigenvalue weighted by Gasteiger charge is -2.22. The van der Waals surface area contributed by atoms with Crippen molar-refractivity contribution >= 4 is 16.0 Å². The number of benzene rings is 1. The summed E-state index contributed by atoms with van der Waals surface area (Å²) in [5.41, 5.74) is -3.44. The Morgan fingerprint density at radius 3 is 2.07 bits per heavy atom. The first-order valence-electron chi connectivity index (χ1n) is 12.1. The van der Waals surface area contributed by atoms with Gasteiger partial charge >= 0.3 is 12.4 Å². The number of nitrogens with one attached hydrogen (secondary N) is 1. The number of aryl methyl sites for hydroxylation is 1. The molecule has 0 saturated carbocycles. The first-order chi connectivity index (χ1) is 20.0. The Hall–Kier alpha value is -4.32. The number of anilines is 1. The van der Waals surface area contributed by atoms with Gasteiger partial charge in [-0.05, 0) is 43.7 Å². The highest BCUT2D eigenvalue weighted by molar-refractivity contribution is 7.93. The number of halogens is 6. The zero-order valence-corrected chi connectivity index (χ0v) is 23.6. The summed E-state index contributed by atoms with van der Waals surface area (Å²) in [6.45, 7) is 2.96. The van der Waals surface area contributed by atoms with E-state index in [4.69, 9.17) is 9.47 Å². The van der Waals surface area contributed by atoms with E-state index in [1.165, 1.54) is 51.7 Å². The predicted octanol–water partition coefficient (Wildman–Crippen LogP) is 4.99. The number of aromatic nitrogens is 6. The van der Waals surface area contributed by atoms with Gasteiger partial charge < -0.3 is 9.47 Å². The molecule has 230 valence electrons. The summed E-state index contributed by atoms with van der Waals surface area (Å²) in [6, 6.07) is 4.94. The average molecular weight is 632 g/mol. The van der Waals surface area contributed by atoms with Crippen molar-refractivity contribution in [2.24, 2.45) is 0 Å². The SMILES string of the molecule is COc1cccc(-c2nnc(NS(=O)(=O)[C@@H](C)[C@H](OC)c3ncc(C)cn3)n2-c2cc(C(F)(F)F)cc(C(F)(F)F)c2)n1. The minimum Gasteiger partial charge on any atom is -0.481 e. The van der Waals surface area contributed by atoms with Crippen LogP contribution in [0.4, 0.5) is 32.3 Å². The maximum absolute atomic E-state index is 13.7. The molecule has 0 saturated heterocycles. The van der Waals surface area contributed by atoms with Gasteiger partial charge in [0.25, 0.3) is 0 Å². The van der Waals surface area contributed by atoms with Crippen LogP contribution in [0.15, 0.2) is 48.8 Å². The quantitative estimate of drug-likeness (QED) is 0.254. The number of ether oxygens (including phenoxy) is 2. The Kier molecular flexibility index (Phi) is 8.64. The summed E-state index contributed by atoms with van der Waals surface area (Å²) in [6.07, 6.45) is -8.72. The molecule has 3 aromatic heterocycles. The Bertz CT molecular complexity index is 1680. The number of sulfonamides is 1. The zero-order valence-electron chi connectivity index (χ0n) is 22.8. The second-order valence-electron chi connectivity index (χ2n) is 9.14. The lowest BCUT2D eigenvalue weighted by molar-refractivity contribution is -0.143. The molecule has 11 nitrogen and oxygen atoms in total. The fraction of sp³-hybridized carbons (Fsp3) is 0.320. The van der Waals surface area contributed by atoms with E-state index < -0.39 is 56.5 Å². The number of rotatable bonds is 9. The summed E-state index contributed by atoms with van der Waals surface area (Å²) in [5, 5.41) is 6.17. The van der Waals surface area contributed by atoms with Crippen LogP contribution in [-0.4, -0.2) is 57.6 Å². The van der Waals surface area contributed by atoms with Gasteiger partial charge in [-0.2, -0.15) is 26.3 Å². The van der Waals surface area contributed by atoms with Crippen molar-refractivity contribution in [3.05, 3.63) is 71.3 Å². The van der Waals surface area contributed by atoms with Crippen molar-refractivity contribution < 1.29 is 44.2 Å². The number of methoxy groups -OCH3 is 2. The Morgan fingerprint density at radius 2 is 1.53 bits per heavy atom. The first-order valence-corrected chi connectivity index (χ1v) is 13.7. The maximum Gasteiger partial charge on any atom is 0.416 e. The number of pyridine rings is 1. The Labute approximate surface area is 241 Å². The molecule has 0 radical (unpaired) electrons. The molecule has 4 rings (SSSR count). The van der Waals surface area contributed by atoms with Gasteiger partial charge in [0.15, 0.2) is 11.6 Å². The molecule has 1 aromatic carbocycles. The molecule has 0 aliphatic carbocycles. The third-order valence-corrected chi connectivity index (χ3v) is 7.81. The molecular formula is C25H23F6N7O4S. The van der Waals surface area contributed by atoms with Crippen molar-refractivity contribution in [3.63, 3.8) is 0 Å². The summed E-state index contributed by atoms with van der Waals surface area (Å²) in [7, 11) is -2.04. The third-order valence-electron chi connectivity index (χ3n) is 6.11. The second kappa shape index (κ2) is 11.8. The number of nitrogens with zero attached hydrogens (tertiary/aromatic N) is 6. The van der Waals surface area contributed by atoms with Gasteiger partial charge in [-0.3, -0.25) is 9.29 Å². The summed E-state index contributed by atoms with van der Waals surface area (Å²) >= 11 is 0. The topological polar surface area (TPSA) is 134 Å². The van der Waals surface area contributed by atoms with Gasteiger partial charge in [0.2, 0.25) is 21.9 Å². The smallest absolute Gasteiger partial charge is 0.416 e. The molecule has 43 heavy (non-hydrogen) atoms. The molecule has 3 heterocycles. The van der Waals surface area contributed by atoms with E-state index in [9.17, 15) is 34.8 Å². The van der Waals surface area contributed by atoms with Gasteiger partial charge in [-0.25, -0.2) is 23.4 Å². The van der Waals surface area contributed by atoms with Crippen LogP contribution in [0.2, 0.25) is 0 Å². The largest absolute Gasteiger partial charge is 0.481 e. The molecule has 4 aromatic rings. The molecule has 2 atom stereocenters. The van der Waals surface area contributed by atoms with Crippen molar-refractivity contribution in [2.75, 3.05) is 18.9 Å². The fourth-order valence-corrected chi connectivity index (χ4v) is 5.05. The van der Waals surface area contributed by atoms with E-state index in [1.807, 2.05) is 0 Å². The minimum absolute atomic E-state index is 0.0152. The molecule has 0 bridgehead atoms. The fourth-order valence-electron chi connectivity index (χ4n) is 3.92. The standard InChI is InChI=1S/C25H23F6N7O4S/c1-13-11-32-21(33-12-13)20(42-4)14(2)43(39,40)37-23-36-35-22(18-6-5-7-19(34-18)41-3)38(23)17-9-15(24(26,27)28)8-16(10-17)25(29,30)31/h5-12,14,20H,1-4H3,(H,36,37)/t14-,20-/m0/s1. The molecule has 0 unspecified atom stereocenters. The van der Waals surface area contributed by atoms with E-state index in [0.717, 1.165) is 0 Å². The average Bonchev–Trinajstić information content (AvgIpc) is 3.36. The normalized spacial score (nSPS) is 13.9. The van der Waals surface area contributed by atoms with Gasteiger partial charge in [0, 0.05) is 25.6 Å². The van der Waals surface area contributed by atoms with Gasteiger partial charge in [-0.15, -0.1) is 10.2 Å². The Balaban J connectivity index is 1.90. The van der Waals surface area contributed by atoms with Crippen molar-refractivity contribution in [2.45, 2.75) is 37.6 Å². The van der Waals surface area contributed by atoms with Crippen LogP contribution in [-0.2, 0) is 27.1 Å². The highest BCUT2D eigenvalue weighted by atomic mass is 32.2. The third kappa shape index (κ3) is 6.85. The summed E-state index contributed by atoms with van der Waals surface area (Å²) in [4.78, 5) is 12.3. The highest BCUT2D eigenvalue weighted by Gasteiger charge is 2.39. The zero-order chi connectivity index (χ0) is 31.7. The van der Waals surface area contributed by atoms with Crippen LogP contribution < -0.4 is 9.46 Å². The molecule has 18 heteroatoms. The summed E-state index contributed by atoms with van der Waals surface area (Å²) < 4.78 is 122. The molecule has 1 N–H and O–H groups in total. The van der Waals surface area contributed by atoms with E-state index in [-0.39, 0.29) is 29.3 Å². The summed E-state index contributed by atoms with van der Waals surface area (Å²) in [5.74, 6) is -1.06. The van der Waals surface area contributed by atoms with E-state index in [1.54, 1.807) is 6.92 Å². The molecule has 0 aliphatic heterocycles. The van der Waals surface area contributed by atoms with Crippen LogP contribution in [0.5, 0.6) is 5.88 Å². The monoisotopic (exact) mass is 631 g/mol. The molecule has 0 amide bonds. The van der Waals surface area contributed by atoms with Crippen molar-refractivity contribution in [3.8, 4) is 23.1 Å². The van der Waals surface area contributed by atoms with Crippen LogP contribution in [0, 0.1) is 6.92 Å². The first kappa shape index (κ1) is 31.6. The second-order valence-corrected chi connectivity index (χ2v) is 11.2. The molecule has 0 spiro atoms. The predicted molar refractivity (Wildman–Crippen MR) is 140 cm³/mol. The highest BCUT2D eigenvalue weighted by Crippen LogP contribution is 2.39. The van der Waals surface area contributed by atoms with Crippen molar-refractivity contribution in [1.29, 1.82) is 0 Å². The van der Waals surface area contributed by atoms with Crippen molar-refractivity contribution in [1.82, 2.24) is 29.7 Å².